The molecule has 2 aromatic heterocycles. The Morgan fingerprint density at radius 2 is 1.95 bits per heavy atom. The SMILES string of the molecule is CCC(C)CC(=O)Nc1cnc2c(ccn2S(=O)(=O)c2ccccc2)c1NC1CCN(CCC#N)CC1. The van der Waals surface area contributed by atoms with Crippen LogP contribution in [0.15, 0.2) is 53.7 Å². The molecule has 37 heavy (non-hydrogen) atoms. The number of piperidine rings is 1. The lowest BCUT2D eigenvalue weighted by Crippen LogP contribution is -2.39. The molecule has 1 saturated heterocycles. The molecule has 3 heterocycles. The third kappa shape index (κ3) is 6.12. The van der Waals surface area contributed by atoms with Crippen molar-refractivity contribution in [2.24, 2.45) is 5.92 Å². The maximum absolute atomic E-state index is 13.4. The van der Waals surface area contributed by atoms with Gasteiger partial charge in [0.05, 0.1) is 28.5 Å². The molecular formula is C27H34N6O3S. The van der Waals surface area contributed by atoms with Crippen molar-refractivity contribution in [2.45, 2.75) is 56.9 Å². The predicted octanol–water partition coefficient (Wildman–Crippen LogP) is 4.44. The Morgan fingerprint density at radius 1 is 1.22 bits per heavy atom. The third-order valence-electron chi connectivity index (χ3n) is 6.96. The molecule has 0 radical (unpaired) electrons. The summed E-state index contributed by atoms with van der Waals surface area (Å²) in [6, 6.07) is 12.3. The van der Waals surface area contributed by atoms with Crippen molar-refractivity contribution in [3.05, 3.63) is 48.8 Å². The van der Waals surface area contributed by atoms with E-state index in [9.17, 15) is 13.2 Å². The van der Waals surface area contributed by atoms with Crippen LogP contribution >= 0.6 is 0 Å². The fourth-order valence-corrected chi connectivity index (χ4v) is 5.91. The highest BCUT2D eigenvalue weighted by molar-refractivity contribution is 7.90. The first-order chi connectivity index (χ1) is 17.8. The first-order valence-corrected chi connectivity index (χ1v) is 14.2. The number of nitrogens with zero attached hydrogens (tertiary/aromatic N) is 4. The normalized spacial score (nSPS) is 15.8. The van der Waals surface area contributed by atoms with Gasteiger partial charge in [-0.2, -0.15) is 5.26 Å². The second kappa shape index (κ2) is 11.8. The van der Waals surface area contributed by atoms with Crippen LogP contribution in [0.2, 0.25) is 0 Å². The molecule has 1 unspecified atom stereocenters. The van der Waals surface area contributed by atoms with E-state index in [1.54, 1.807) is 36.4 Å². The largest absolute Gasteiger partial charge is 0.380 e. The number of amides is 1. The number of aromatic nitrogens is 2. The van der Waals surface area contributed by atoms with Crippen LogP contribution in [-0.4, -0.2) is 53.9 Å². The van der Waals surface area contributed by atoms with Crippen LogP contribution in [0.1, 0.15) is 46.0 Å². The highest BCUT2D eigenvalue weighted by Gasteiger charge is 2.25. The van der Waals surface area contributed by atoms with Crippen LogP contribution in [0.25, 0.3) is 11.0 Å². The molecule has 1 amide bonds. The van der Waals surface area contributed by atoms with E-state index < -0.39 is 10.0 Å². The van der Waals surface area contributed by atoms with Crippen LogP contribution < -0.4 is 10.6 Å². The molecule has 0 bridgehead atoms. The third-order valence-corrected chi connectivity index (χ3v) is 8.64. The number of nitrogens with one attached hydrogen (secondary N) is 2. The summed E-state index contributed by atoms with van der Waals surface area (Å²) in [7, 11) is -3.84. The summed E-state index contributed by atoms with van der Waals surface area (Å²) in [5, 5.41) is 16.1. The molecular weight excluding hydrogens is 488 g/mol. The average Bonchev–Trinajstić information content (AvgIpc) is 3.35. The van der Waals surface area contributed by atoms with Gasteiger partial charge in [0.25, 0.3) is 10.0 Å². The number of nitriles is 1. The molecule has 3 aromatic rings. The van der Waals surface area contributed by atoms with Crippen molar-refractivity contribution >= 4 is 38.3 Å². The van der Waals surface area contributed by atoms with Gasteiger partial charge in [-0.1, -0.05) is 38.5 Å². The molecule has 1 fully saturated rings. The highest BCUT2D eigenvalue weighted by atomic mass is 32.2. The van der Waals surface area contributed by atoms with Gasteiger partial charge >= 0.3 is 0 Å². The van der Waals surface area contributed by atoms with Gasteiger partial charge in [-0.05, 0) is 37.0 Å². The number of carbonyl (C=O) groups is 1. The van der Waals surface area contributed by atoms with Gasteiger partial charge in [-0.3, -0.25) is 4.79 Å². The molecule has 0 aliphatic carbocycles. The summed E-state index contributed by atoms with van der Waals surface area (Å²) < 4.78 is 27.9. The number of likely N-dealkylation sites (tertiary alicyclic amines) is 1. The zero-order valence-corrected chi connectivity index (χ0v) is 22.2. The van der Waals surface area contributed by atoms with E-state index in [4.69, 9.17) is 5.26 Å². The van der Waals surface area contributed by atoms with Gasteiger partial charge < -0.3 is 15.5 Å². The topological polar surface area (TPSA) is 120 Å². The smallest absolute Gasteiger partial charge is 0.269 e. The van der Waals surface area contributed by atoms with Gasteiger partial charge in [0.15, 0.2) is 5.65 Å². The Morgan fingerprint density at radius 3 is 2.62 bits per heavy atom. The van der Waals surface area contributed by atoms with Crippen molar-refractivity contribution < 1.29 is 13.2 Å². The van der Waals surface area contributed by atoms with Gasteiger partial charge in [0.2, 0.25) is 5.91 Å². The molecule has 9 nitrogen and oxygen atoms in total. The summed E-state index contributed by atoms with van der Waals surface area (Å²) in [6.45, 7) is 6.59. The second-order valence-electron chi connectivity index (χ2n) is 9.65. The number of anilines is 2. The monoisotopic (exact) mass is 522 g/mol. The Bertz CT molecular complexity index is 1370. The van der Waals surface area contributed by atoms with Gasteiger partial charge in [0, 0.05) is 50.1 Å². The molecule has 1 aromatic carbocycles. The van der Waals surface area contributed by atoms with Crippen molar-refractivity contribution in [3.63, 3.8) is 0 Å². The fraction of sp³-hybridized carbons (Fsp3) is 0.444. The lowest BCUT2D eigenvalue weighted by atomic mass is 10.0. The van der Waals surface area contributed by atoms with Crippen molar-refractivity contribution in [1.29, 1.82) is 5.26 Å². The average molecular weight is 523 g/mol. The molecule has 196 valence electrons. The minimum absolute atomic E-state index is 0.0961. The maximum Gasteiger partial charge on any atom is 0.269 e. The molecule has 4 rings (SSSR count). The van der Waals surface area contributed by atoms with Crippen LogP contribution in [0.3, 0.4) is 0 Å². The first-order valence-electron chi connectivity index (χ1n) is 12.8. The van der Waals surface area contributed by atoms with Crippen molar-refractivity contribution in [1.82, 2.24) is 13.9 Å². The molecule has 1 aliphatic rings. The standard InChI is InChI=1S/C27H34N6O3S/c1-3-20(2)18-25(34)31-24-19-29-27-23(12-17-33(27)37(35,36)22-8-5-4-6-9-22)26(24)30-21-10-15-32(16-11-21)14-7-13-28/h4-6,8-9,12,17,19-21H,3,7,10-11,14-16,18H2,1-2H3,(H,29,30)(H,31,34). The summed E-state index contributed by atoms with van der Waals surface area (Å²) in [5.74, 6) is 0.157. The van der Waals surface area contributed by atoms with Crippen LogP contribution in [-0.2, 0) is 14.8 Å². The molecule has 2 N–H and O–H groups in total. The van der Waals surface area contributed by atoms with E-state index in [-0.39, 0.29) is 22.8 Å². The summed E-state index contributed by atoms with van der Waals surface area (Å²) in [4.78, 5) is 19.7. The van der Waals surface area contributed by atoms with Crippen LogP contribution in [0.4, 0.5) is 11.4 Å². The van der Waals surface area contributed by atoms with E-state index >= 15 is 0 Å². The molecule has 0 saturated carbocycles. The van der Waals surface area contributed by atoms with E-state index in [1.807, 2.05) is 6.92 Å². The Hall–Kier alpha value is -3.42. The van der Waals surface area contributed by atoms with Crippen molar-refractivity contribution in [2.75, 3.05) is 30.3 Å². The Balaban J connectivity index is 1.67. The van der Waals surface area contributed by atoms with Crippen molar-refractivity contribution in [3.8, 4) is 6.07 Å². The quantitative estimate of drug-likeness (QED) is 0.404. The summed E-state index contributed by atoms with van der Waals surface area (Å²) >= 11 is 0. The lowest BCUT2D eigenvalue weighted by Gasteiger charge is -2.33. The maximum atomic E-state index is 13.4. The van der Waals surface area contributed by atoms with E-state index in [2.05, 4.69) is 33.5 Å². The van der Waals surface area contributed by atoms with Gasteiger partial charge in [-0.25, -0.2) is 17.4 Å². The highest BCUT2D eigenvalue weighted by Crippen LogP contribution is 2.34. The predicted molar refractivity (Wildman–Crippen MR) is 145 cm³/mol. The van der Waals surface area contributed by atoms with E-state index in [0.29, 0.717) is 35.2 Å². The molecule has 0 spiro atoms. The van der Waals surface area contributed by atoms with E-state index in [0.717, 1.165) is 38.9 Å². The number of pyridine rings is 1. The van der Waals surface area contributed by atoms with E-state index in [1.165, 1.54) is 16.4 Å². The summed E-state index contributed by atoms with van der Waals surface area (Å²) in [5.41, 5.74) is 1.53. The van der Waals surface area contributed by atoms with Crippen LogP contribution in [0.5, 0.6) is 0 Å². The van der Waals surface area contributed by atoms with Crippen LogP contribution in [0, 0.1) is 17.2 Å². The minimum Gasteiger partial charge on any atom is -0.380 e. The fourth-order valence-electron chi connectivity index (χ4n) is 4.59. The van der Waals surface area contributed by atoms with Gasteiger partial charge in [0.1, 0.15) is 0 Å². The summed E-state index contributed by atoms with van der Waals surface area (Å²) in [6.07, 6.45) is 6.61. The first kappa shape index (κ1) is 26.6. The number of hydrogen-bond acceptors (Lipinski definition) is 7. The molecule has 1 aliphatic heterocycles. The number of benzene rings is 1. The number of fused-ring (bicyclic) bond motifs is 1. The molecule has 1 atom stereocenters. The number of rotatable bonds is 10. The molecule has 10 heteroatoms. The lowest BCUT2D eigenvalue weighted by molar-refractivity contribution is -0.117. The zero-order chi connectivity index (χ0) is 26.4. The van der Waals surface area contributed by atoms with Gasteiger partial charge in [-0.15, -0.1) is 0 Å². The number of hydrogen-bond donors (Lipinski definition) is 2. The minimum atomic E-state index is -3.84. The Kier molecular flexibility index (Phi) is 8.46. The zero-order valence-electron chi connectivity index (χ0n) is 21.4. The second-order valence-corrected chi connectivity index (χ2v) is 11.5. The Labute approximate surface area is 218 Å². The number of carbonyl (C=O) groups excluding carboxylic acids is 1.